The zero-order valence-electron chi connectivity index (χ0n) is 6.92. The molecule has 0 saturated carbocycles. The van der Waals surface area contributed by atoms with Crippen LogP contribution in [0.25, 0.3) is 0 Å². The minimum Gasteiger partial charge on any atom is -0.229 e. The Labute approximate surface area is 68.5 Å². The van der Waals surface area contributed by atoms with E-state index < -0.39 is 0 Å². The monoisotopic (exact) mass is 157 g/mol. The molecule has 2 heteroatoms. The molecule has 0 aromatic heterocycles. The van der Waals surface area contributed by atoms with Gasteiger partial charge in [0.15, 0.2) is 0 Å². The molecule has 0 spiro atoms. The first-order chi connectivity index (χ1) is 4.72. The van der Waals surface area contributed by atoms with Gasteiger partial charge in [-0.1, -0.05) is 27.2 Å². The SMILES string of the molecule is CCCC(N=C=S)C(C)C. The van der Waals surface area contributed by atoms with Crippen molar-refractivity contribution in [3.05, 3.63) is 0 Å². The summed E-state index contributed by atoms with van der Waals surface area (Å²) in [7, 11) is 0. The van der Waals surface area contributed by atoms with Crippen molar-refractivity contribution in [2.75, 3.05) is 0 Å². The van der Waals surface area contributed by atoms with Crippen molar-refractivity contribution < 1.29 is 0 Å². The van der Waals surface area contributed by atoms with Crippen molar-refractivity contribution in [1.29, 1.82) is 0 Å². The summed E-state index contributed by atoms with van der Waals surface area (Å²) in [4.78, 5) is 4.08. The first kappa shape index (κ1) is 9.80. The average molecular weight is 157 g/mol. The van der Waals surface area contributed by atoms with Crippen LogP contribution in [-0.4, -0.2) is 11.2 Å². The fraction of sp³-hybridized carbons (Fsp3) is 0.875. The van der Waals surface area contributed by atoms with Crippen molar-refractivity contribution in [1.82, 2.24) is 0 Å². The highest BCUT2D eigenvalue weighted by atomic mass is 32.1. The molecule has 1 unspecified atom stereocenters. The van der Waals surface area contributed by atoms with E-state index in [1.807, 2.05) is 0 Å². The summed E-state index contributed by atoms with van der Waals surface area (Å²) in [5.74, 6) is 0.593. The molecule has 0 fully saturated rings. The number of hydrogen-bond acceptors (Lipinski definition) is 2. The molecule has 0 rings (SSSR count). The molecule has 0 aliphatic carbocycles. The van der Waals surface area contributed by atoms with Crippen molar-refractivity contribution in [3.8, 4) is 0 Å². The highest BCUT2D eigenvalue weighted by Gasteiger charge is 2.08. The lowest BCUT2D eigenvalue weighted by atomic mass is 10.0. The van der Waals surface area contributed by atoms with Gasteiger partial charge in [0.1, 0.15) is 0 Å². The number of rotatable bonds is 4. The van der Waals surface area contributed by atoms with Crippen LogP contribution in [0.2, 0.25) is 0 Å². The summed E-state index contributed by atoms with van der Waals surface area (Å²) in [5.41, 5.74) is 0. The maximum atomic E-state index is 4.55. The Kier molecular flexibility index (Phi) is 5.46. The normalized spacial score (nSPS) is 12.8. The van der Waals surface area contributed by atoms with E-state index in [0.29, 0.717) is 12.0 Å². The summed E-state index contributed by atoms with van der Waals surface area (Å²) < 4.78 is 0. The van der Waals surface area contributed by atoms with Gasteiger partial charge in [0.05, 0.1) is 11.2 Å². The summed E-state index contributed by atoms with van der Waals surface area (Å²) in [6, 6.07) is 0.391. The molecule has 10 heavy (non-hydrogen) atoms. The third kappa shape index (κ3) is 3.76. The van der Waals surface area contributed by atoms with Gasteiger partial charge in [-0.05, 0) is 24.6 Å². The minimum absolute atomic E-state index is 0.391. The molecule has 0 radical (unpaired) electrons. The lowest BCUT2D eigenvalue weighted by molar-refractivity contribution is 0.464. The Bertz CT molecular complexity index is 125. The van der Waals surface area contributed by atoms with Gasteiger partial charge in [-0.3, -0.25) is 0 Å². The fourth-order valence-corrected chi connectivity index (χ4v) is 1.05. The third-order valence-electron chi connectivity index (χ3n) is 1.57. The second-order valence-electron chi connectivity index (χ2n) is 2.82. The summed E-state index contributed by atoms with van der Waals surface area (Å²) in [6.45, 7) is 6.49. The molecule has 0 N–H and O–H groups in total. The molecular formula is C8H15NS. The van der Waals surface area contributed by atoms with Crippen LogP contribution in [0.1, 0.15) is 33.6 Å². The van der Waals surface area contributed by atoms with Crippen LogP contribution < -0.4 is 0 Å². The molecule has 0 amide bonds. The number of nitrogens with zero attached hydrogens (tertiary/aromatic N) is 1. The van der Waals surface area contributed by atoms with Crippen molar-refractivity contribution in [2.24, 2.45) is 10.9 Å². The largest absolute Gasteiger partial charge is 0.229 e. The first-order valence-electron chi connectivity index (χ1n) is 3.79. The number of thiocarbonyl (C=S) groups is 1. The lowest BCUT2D eigenvalue weighted by Crippen LogP contribution is -2.11. The van der Waals surface area contributed by atoms with E-state index >= 15 is 0 Å². The second kappa shape index (κ2) is 5.57. The summed E-state index contributed by atoms with van der Waals surface area (Å²) in [6.07, 6.45) is 2.30. The maximum Gasteiger partial charge on any atom is 0.0625 e. The van der Waals surface area contributed by atoms with Gasteiger partial charge in [0.2, 0.25) is 0 Å². The van der Waals surface area contributed by atoms with Crippen molar-refractivity contribution >= 4 is 17.4 Å². The van der Waals surface area contributed by atoms with Gasteiger partial charge in [-0.25, -0.2) is 4.99 Å². The lowest BCUT2D eigenvalue weighted by Gasteiger charge is -2.12. The van der Waals surface area contributed by atoms with Crippen molar-refractivity contribution in [2.45, 2.75) is 39.7 Å². The molecule has 0 aromatic carbocycles. The molecular weight excluding hydrogens is 142 g/mol. The smallest absolute Gasteiger partial charge is 0.0625 e. The van der Waals surface area contributed by atoms with Crippen LogP contribution in [0, 0.1) is 5.92 Å². The van der Waals surface area contributed by atoms with Gasteiger partial charge >= 0.3 is 0 Å². The number of hydrogen-bond donors (Lipinski definition) is 0. The molecule has 0 aliphatic heterocycles. The number of isothiocyanates is 1. The van der Waals surface area contributed by atoms with E-state index in [9.17, 15) is 0 Å². The van der Waals surface area contributed by atoms with Gasteiger partial charge in [0.25, 0.3) is 0 Å². The Morgan fingerprint density at radius 3 is 2.40 bits per heavy atom. The Hall–Kier alpha value is -0.200. The van der Waals surface area contributed by atoms with Crippen LogP contribution in [0.3, 0.4) is 0 Å². The summed E-state index contributed by atoms with van der Waals surface area (Å²) >= 11 is 4.55. The zero-order chi connectivity index (χ0) is 7.98. The molecule has 58 valence electrons. The van der Waals surface area contributed by atoms with Crippen LogP contribution >= 0.6 is 12.2 Å². The highest BCUT2D eigenvalue weighted by molar-refractivity contribution is 7.78. The van der Waals surface area contributed by atoms with Crippen LogP contribution in [0.4, 0.5) is 0 Å². The van der Waals surface area contributed by atoms with E-state index in [2.05, 4.69) is 43.1 Å². The van der Waals surface area contributed by atoms with E-state index in [-0.39, 0.29) is 0 Å². The first-order valence-corrected chi connectivity index (χ1v) is 4.20. The maximum absolute atomic E-state index is 4.55. The second-order valence-corrected chi connectivity index (χ2v) is 3.00. The molecule has 0 saturated heterocycles. The van der Waals surface area contributed by atoms with Gasteiger partial charge < -0.3 is 0 Å². The highest BCUT2D eigenvalue weighted by Crippen LogP contribution is 2.11. The third-order valence-corrected chi connectivity index (χ3v) is 1.68. The predicted octanol–water partition coefficient (Wildman–Crippen LogP) is 2.91. The molecule has 0 bridgehead atoms. The standard InChI is InChI=1S/C8H15NS/c1-4-5-8(7(2)3)9-6-10/h7-8H,4-5H2,1-3H3. The molecule has 1 nitrogen and oxygen atoms in total. The van der Waals surface area contributed by atoms with Crippen LogP contribution in [0.15, 0.2) is 4.99 Å². The Morgan fingerprint density at radius 1 is 1.50 bits per heavy atom. The molecule has 0 aromatic rings. The molecule has 0 aliphatic rings. The van der Waals surface area contributed by atoms with E-state index in [1.165, 1.54) is 6.42 Å². The van der Waals surface area contributed by atoms with E-state index in [0.717, 1.165) is 6.42 Å². The van der Waals surface area contributed by atoms with Gasteiger partial charge in [0, 0.05) is 0 Å². The van der Waals surface area contributed by atoms with Crippen LogP contribution in [0.5, 0.6) is 0 Å². The van der Waals surface area contributed by atoms with Crippen molar-refractivity contribution in [3.63, 3.8) is 0 Å². The summed E-state index contributed by atoms with van der Waals surface area (Å²) in [5, 5.41) is 2.44. The van der Waals surface area contributed by atoms with E-state index in [1.54, 1.807) is 0 Å². The predicted molar refractivity (Wildman–Crippen MR) is 48.6 cm³/mol. The minimum atomic E-state index is 0.391. The molecule has 1 atom stereocenters. The van der Waals surface area contributed by atoms with Crippen LogP contribution in [-0.2, 0) is 0 Å². The van der Waals surface area contributed by atoms with Gasteiger partial charge in [-0.15, -0.1) is 0 Å². The molecule has 0 heterocycles. The van der Waals surface area contributed by atoms with E-state index in [4.69, 9.17) is 0 Å². The number of aliphatic imine (C=N–C) groups is 1. The van der Waals surface area contributed by atoms with Gasteiger partial charge in [-0.2, -0.15) is 0 Å². The Balaban J connectivity index is 3.84. The Morgan fingerprint density at radius 2 is 2.10 bits per heavy atom. The quantitative estimate of drug-likeness (QED) is 0.451. The topological polar surface area (TPSA) is 12.4 Å². The average Bonchev–Trinajstić information content (AvgIpc) is 1.87. The fourth-order valence-electron chi connectivity index (χ4n) is 0.910. The zero-order valence-corrected chi connectivity index (χ0v) is 7.74.